The number of hydrogen-bond acceptors (Lipinski definition) is 4. The maximum atomic E-state index is 12.6. The summed E-state index contributed by atoms with van der Waals surface area (Å²) in [6.07, 6.45) is 3.74. The molecule has 0 aliphatic carbocycles. The molecule has 0 radical (unpaired) electrons. The maximum absolute atomic E-state index is 12.6. The largest absolute Gasteiger partial charge is 0.451 e. The Morgan fingerprint density at radius 2 is 1.97 bits per heavy atom. The van der Waals surface area contributed by atoms with Crippen LogP contribution in [0, 0.1) is 0 Å². The van der Waals surface area contributed by atoms with E-state index in [2.05, 4.69) is 28.7 Å². The fourth-order valence-electron chi connectivity index (χ4n) is 3.31. The van der Waals surface area contributed by atoms with Crippen molar-refractivity contribution in [3.05, 3.63) is 94.4 Å². The lowest BCUT2D eigenvalue weighted by Crippen LogP contribution is -2.15. The van der Waals surface area contributed by atoms with Crippen LogP contribution < -0.4 is 10.7 Å². The van der Waals surface area contributed by atoms with E-state index in [0.717, 1.165) is 11.4 Å². The third-order valence-corrected chi connectivity index (χ3v) is 4.66. The molecule has 0 saturated carbocycles. The third-order valence-electron chi connectivity index (χ3n) is 4.66. The van der Waals surface area contributed by atoms with Gasteiger partial charge in [-0.15, -0.1) is 0 Å². The molecule has 146 valence electrons. The predicted molar refractivity (Wildman–Crippen MR) is 112 cm³/mol. The zero-order chi connectivity index (χ0) is 20.4. The van der Waals surface area contributed by atoms with Gasteiger partial charge in [-0.1, -0.05) is 38.1 Å². The highest BCUT2D eigenvalue weighted by atomic mass is 16.3. The predicted octanol–water partition coefficient (Wildman–Crippen LogP) is 4.41. The zero-order valence-corrected chi connectivity index (χ0v) is 16.3. The van der Waals surface area contributed by atoms with Gasteiger partial charge in [0.1, 0.15) is 11.4 Å². The van der Waals surface area contributed by atoms with Crippen LogP contribution in [0.2, 0.25) is 0 Å². The SMILES string of the molecule is CC(C)c1nccn1Cc1cccc(NC(=O)c2cc(=O)c3ccccc3o2)c1. The second-order valence-electron chi connectivity index (χ2n) is 7.19. The normalized spacial score (nSPS) is 11.1. The van der Waals surface area contributed by atoms with E-state index < -0.39 is 5.91 Å². The third kappa shape index (κ3) is 3.96. The van der Waals surface area contributed by atoms with E-state index in [1.807, 2.05) is 24.4 Å². The highest BCUT2D eigenvalue weighted by Gasteiger charge is 2.13. The van der Waals surface area contributed by atoms with Gasteiger partial charge in [0.25, 0.3) is 5.91 Å². The summed E-state index contributed by atoms with van der Waals surface area (Å²) >= 11 is 0. The smallest absolute Gasteiger partial charge is 0.291 e. The van der Waals surface area contributed by atoms with Crippen molar-refractivity contribution in [3.63, 3.8) is 0 Å². The number of carbonyl (C=O) groups is 1. The molecule has 0 aliphatic rings. The minimum Gasteiger partial charge on any atom is -0.451 e. The molecule has 6 nitrogen and oxygen atoms in total. The van der Waals surface area contributed by atoms with Crippen molar-refractivity contribution in [3.8, 4) is 0 Å². The second-order valence-corrected chi connectivity index (χ2v) is 7.19. The lowest BCUT2D eigenvalue weighted by Gasteiger charge is -2.12. The minimum atomic E-state index is -0.462. The van der Waals surface area contributed by atoms with Gasteiger partial charge in [0.15, 0.2) is 11.2 Å². The van der Waals surface area contributed by atoms with E-state index in [-0.39, 0.29) is 11.2 Å². The number of benzene rings is 2. The van der Waals surface area contributed by atoms with Gasteiger partial charge in [-0.25, -0.2) is 4.98 Å². The van der Waals surface area contributed by atoms with Gasteiger partial charge in [-0.05, 0) is 29.8 Å². The van der Waals surface area contributed by atoms with Crippen LogP contribution in [0.25, 0.3) is 11.0 Å². The Balaban J connectivity index is 1.56. The highest BCUT2D eigenvalue weighted by molar-refractivity contribution is 6.03. The molecule has 2 aromatic carbocycles. The molecule has 0 atom stereocenters. The standard InChI is InChI=1S/C23H21N3O3/c1-15(2)22-24-10-11-26(22)14-16-6-5-7-17(12-16)25-23(28)21-13-19(27)18-8-3-4-9-20(18)29-21/h3-13,15H,14H2,1-2H3,(H,25,28). The average Bonchev–Trinajstić information content (AvgIpc) is 3.16. The maximum Gasteiger partial charge on any atom is 0.291 e. The van der Waals surface area contributed by atoms with Crippen molar-refractivity contribution in [1.82, 2.24) is 9.55 Å². The van der Waals surface area contributed by atoms with Crippen LogP contribution in [-0.4, -0.2) is 15.5 Å². The Labute approximate surface area is 167 Å². The van der Waals surface area contributed by atoms with Crippen molar-refractivity contribution in [2.75, 3.05) is 5.32 Å². The van der Waals surface area contributed by atoms with Crippen molar-refractivity contribution < 1.29 is 9.21 Å². The molecule has 4 aromatic rings. The van der Waals surface area contributed by atoms with Crippen molar-refractivity contribution >= 4 is 22.6 Å². The Morgan fingerprint density at radius 1 is 1.14 bits per heavy atom. The molecule has 1 N–H and O–H groups in total. The summed E-state index contributed by atoms with van der Waals surface area (Å²) in [7, 11) is 0. The van der Waals surface area contributed by atoms with E-state index in [9.17, 15) is 9.59 Å². The molecule has 2 heterocycles. The van der Waals surface area contributed by atoms with Gasteiger partial charge in [0, 0.05) is 36.6 Å². The van der Waals surface area contributed by atoms with Gasteiger partial charge in [-0.2, -0.15) is 0 Å². The number of aromatic nitrogens is 2. The summed E-state index contributed by atoms with van der Waals surface area (Å²) in [5.74, 6) is 0.854. The van der Waals surface area contributed by atoms with E-state index >= 15 is 0 Å². The first-order valence-corrected chi connectivity index (χ1v) is 9.45. The topological polar surface area (TPSA) is 77.1 Å². The molecular formula is C23H21N3O3. The Morgan fingerprint density at radius 3 is 2.79 bits per heavy atom. The quantitative estimate of drug-likeness (QED) is 0.550. The number of hydrogen-bond donors (Lipinski definition) is 1. The highest BCUT2D eigenvalue weighted by Crippen LogP contribution is 2.18. The number of nitrogens with one attached hydrogen (secondary N) is 1. The molecular weight excluding hydrogens is 366 g/mol. The molecule has 2 aromatic heterocycles. The van der Waals surface area contributed by atoms with Crippen LogP contribution in [0.1, 0.15) is 41.7 Å². The number of nitrogens with zero attached hydrogens (tertiary/aromatic N) is 2. The Hall–Kier alpha value is -3.67. The first-order valence-electron chi connectivity index (χ1n) is 9.45. The van der Waals surface area contributed by atoms with Crippen LogP contribution in [0.15, 0.2) is 76.2 Å². The molecule has 0 unspecified atom stereocenters. The summed E-state index contributed by atoms with van der Waals surface area (Å²) in [4.78, 5) is 29.3. The Bertz CT molecular complexity index is 1240. The molecule has 6 heteroatoms. The average molecular weight is 387 g/mol. The van der Waals surface area contributed by atoms with Gasteiger partial charge in [0.05, 0.1) is 5.39 Å². The van der Waals surface area contributed by atoms with E-state index in [0.29, 0.717) is 29.1 Å². The summed E-state index contributed by atoms with van der Waals surface area (Å²) in [5.41, 5.74) is 1.81. The number of rotatable bonds is 5. The lowest BCUT2D eigenvalue weighted by atomic mass is 10.1. The molecule has 29 heavy (non-hydrogen) atoms. The van der Waals surface area contributed by atoms with Gasteiger partial charge in [0.2, 0.25) is 0 Å². The van der Waals surface area contributed by atoms with Crippen molar-refractivity contribution in [1.29, 1.82) is 0 Å². The molecule has 0 bridgehead atoms. The summed E-state index contributed by atoms with van der Waals surface area (Å²) < 4.78 is 7.70. The second kappa shape index (κ2) is 7.75. The molecule has 0 fully saturated rings. The molecule has 0 saturated heterocycles. The van der Waals surface area contributed by atoms with Crippen molar-refractivity contribution in [2.45, 2.75) is 26.3 Å². The first-order chi connectivity index (χ1) is 14.0. The summed E-state index contributed by atoms with van der Waals surface area (Å²) in [6.45, 7) is 4.86. The molecule has 0 aliphatic heterocycles. The number of carbonyl (C=O) groups excluding carboxylic acids is 1. The van der Waals surface area contributed by atoms with Gasteiger partial charge in [-0.3, -0.25) is 9.59 Å². The van der Waals surface area contributed by atoms with E-state index in [4.69, 9.17) is 4.42 Å². The lowest BCUT2D eigenvalue weighted by molar-refractivity contribution is 0.0997. The van der Waals surface area contributed by atoms with Crippen LogP contribution in [0.3, 0.4) is 0 Å². The summed E-state index contributed by atoms with van der Waals surface area (Å²) in [6, 6.07) is 15.7. The van der Waals surface area contributed by atoms with Crippen LogP contribution in [-0.2, 0) is 6.54 Å². The minimum absolute atomic E-state index is 0.0178. The number of fused-ring (bicyclic) bond motifs is 1. The van der Waals surface area contributed by atoms with Gasteiger partial charge < -0.3 is 14.3 Å². The number of amides is 1. The fraction of sp³-hybridized carbons (Fsp3) is 0.174. The number of imidazole rings is 1. The van der Waals surface area contributed by atoms with Crippen molar-refractivity contribution in [2.24, 2.45) is 0 Å². The molecule has 1 amide bonds. The Kier molecular flexibility index (Phi) is 4.99. The van der Waals surface area contributed by atoms with Crippen LogP contribution >= 0.6 is 0 Å². The van der Waals surface area contributed by atoms with E-state index in [1.54, 1.807) is 36.5 Å². The van der Waals surface area contributed by atoms with Gasteiger partial charge >= 0.3 is 0 Å². The number of anilines is 1. The van der Waals surface area contributed by atoms with Crippen LogP contribution in [0.4, 0.5) is 5.69 Å². The fourth-order valence-corrected chi connectivity index (χ4v) is 3.31. The number of para-hydroxylation sites is 1. The molecule has 4 rings (SSSR count). The summed E-state index contributed by atoms with van der Waals surface area (Å²) in [5, 5.41) is 3.26. The molecule has 0 spiro atoms. The monoisotopic (exact) mass is 387 g/mol. The first kappa shape index (κ1) is 18.7. The van der Waals surface area contributed by atoms with Crippen LogP contribution in [0.5, 0.6) is 0 Å². The zero-order valence-electron chi connectivity index (χ0n) is 16.3. The van der Waals surface area contributed by atoms with E-state index in [1.165, 1.54) is 6.07 Å².